The Morgan fingerprint density at radius 2 is 2.47 bits per heavy atom. The van der Waals surface area contributed by atoms with Crippen molar-refractivity contribution in [3.8, 4) is 0 Å². The lowest BCUT2D eigenvalue weighted by atomic mass is 10.1. The van der Waals surface area contributed by atoms with Crippen LogP contribution in [0.3, 0.4) is 0 Å². The zero-order chi connectivity index (χ0) is 11.3. The Labute approximate surface area is 92.5 Å². The molecule has 3 N–H and O–H groups in total. The first-order valence-corrected chi connectivity index (χ1v) is 5.11. The summed E-state index contributed by atoms with van der Waals surface area (Å²) in [6.07, 6.45) is 2.00. The zero-order valence-electron chi connectivity index (χ0n) is 8.46. The molecule has 0 amide bonds. The van der Waals surface area contributed by atoms with Gasteiger partial charge in [0.25, 0.3) is 5.56 Å². The number of aromatic nitrogens is 2. The fourth-order valence-electron chi connectivity index (χ4n) is 1.10. The summed E-state index contributed by atoms with van der Waals surface area (Å²) in [5, 5.41) is 11.7. The van der Waals surface area contributed by atoms with Gasteiger partial charge in [0.15, 0.2) is 5.82 Å². The molecule has 15 heavy (non-hydrogen) atoms. The predicted molar refractivity (Wildman–Crippen MR) is 59.2 cm³/mol. The van der Waals surface area contributed by atoms with Crippen LogP contribution in [-0.2, 0) is 0 Å². The number of halogens is 1. The average molecular weight is 232 g/mol. The molecule has 1 unspecified atom stereocenters. The van der Waals surface area contributed by atoms with Crippen molar-refractivity contribution in [3.63, 3.8) is 0 Å². The van der Waals surface area contributed by atoms with Crippen molar-refractivity contribution in [1.82, 2.24) is 9.97 Å². The SMILES string of the molecule is CC(CCO)CNc1nc[nH]c(=O)c1Cl. The molecule has 5 nitrogen and oxygen atoms in total. The van der Waals surface area contributed by atoms with Crippen LogP contribution in [0.4, 0.5) is 5.82 Å². The van der Waals surface area contributed by atoms with Crippen LogP contribution in [0.1, 0.15) is 13.3 Å². The first-order valence-electron chi connectivity index (χ1n) is 4.73. The van der Waals surface area contributed by atoms with Crippen molar-refractivity contribution in [2.45, 2.75) is 13.3 Å². The summed E-state index contributed by atoms with van der Waals surface area (Å²) in [7, 11) is 0. The number of hydrogen-bond donors (Lipinski definition) is 3. The second-order valence-corrected chi connectivity index (χ2v) is 3.77. The van der Waals surface area contributed by atoms with E-state index in [2.05, 4.69) is 15.3 Å². The normalized spacial score (nSPS) is 12.5. The third-order valence-electron chi connectivity index (χ3n) is 2.04. The first kappa shape index (κ1) is 12.0. The molecule has 1 aromatic heterocycles. The van der Waals surface area contributed by atoms with Gasteiger partial charge in [0.2, 0.25) is 0 Å². The number of nitrogens with one attached hydrogen (secondary N) is 2. The van der Waals surface area contributed by atoms with E-state index >= 15 is 0 Å². The van der Waals surface area contributed by atoms with E-state index < -0.39 is 0 Å². The van der Waals surface area contributed by atoms with E-state index in [4.69, 9.17) is 16.7 Å². The van der Waals surface area contributed by atoms with Gasteiger partial charge in [-0.25, -0.2) is 4.98 Å². The zero-order valence-corrected chi connectivity index (χ0v) is 9.21. The number of aliphatic hydroxyl groups is 1. The summed E-state index contributed by atoms with van der Waals surface area (Å²) < 4.78 is 0. The van der Waals surface area contributed by atoms with E-state index in [1.54, 1.807) is 0 Å². The molecule has 1 rings (SSSR count). The van der Waals surface area contributed by atoms with Crippen molar-refractivity contribution in [3.05, 3.63) is 21.7 Å². The smallest absolute Gasteiger partial charge is 0.271 e. The van der Waals surface area contributed by atoms with Crippen LogP contribution in [-0.4, -0.2) is 28.2 Å². The molecule has 0 spiro atoms. The highest BCUT2D eigenvalue weighted by atomic mass is 35.5. The van der Waals surface area contributed by atoms with Gasteiger partial charge < -0.3 is 15.4 Å². The third kappa shape index (κ3) is 3.53. The number of rotatable bonds is 5. The van der Waals surface area contributed by atoms with Crippen LogP contribution in [0.2, 0.25) is 5.02 Å². The summed E-state index contributed by atoms with van der Waals surface area (Å²) >= 11 is 5.74. The van der Waals surface area contributed by atoms with Gasteiger partial charge in [0, 0.05) is 13.2 Å². The molecule has 0 aliphatic rings. The van der Waals surface area contributed by atoms with Crippen molar-refractivity contribution >= 4 is 17.4 Å². The summed E-state index contributed by atoms with van der Waals surface area (Å²) in [5.74, 6) is 0.678. The molecule has 0 saturated heterocycles. The van der Waals surface area contributed by atoms with Crippen molar-refractivity contribution < 1.29 is 5.11 Å². The maximum Gasteiger partial charge on any atom is 0.271 e. The molecule has 0 fully saturated rings. The van der Waals surface area contributed by atoms with Gasteiger partial charge in [-0.3, -0.25) is 4.79 Å². The molecule has 0 radical (unpaired) electrons. The van der Waals surface area contributed by atoms with Gasteiger partial charge in [-0.05, 0) is 12.3 Å². The van der Waals surface area contributed by atoms with E-state index in [1.165, 1.54) is 6.33 Å². The Morgan fingerprint density at radius 1 is 1.73 bits per heavy atom. The second-order valence-electron chi connectivity index (χ2n) is 3.39. The molecule has 0 aliphatic heterocycles. The van der Waals surface area contributed by atoms with Crippen LogP contribution >= 0.6 is 11.6 Å². The number of nitrogens with zero attached hydrogens (tertiary/aromatic N) is 1. The molecule has 1 heterocycles. The third-order valence-corrected chi connectivity index (χ3v) is 2.39. The lowest BCUT2D eigenvalue weighted by Crippen LogP contribution is -2.17. The molecule has 0 bridgehead atoms. The first-order chi connectivity index (χ1) is 7.15. The standard InChI is InChI=1S/C9H14ClN3O2/c1-6(2-3-14)4-11-8-7(10)9(15)13-5-12-8/h5-6,14H,2-4H2,1H3,(H2,11,12,13,15). The van der Waals surface area contributed by atoms with E-state index in [9.17, 15) is 4.79 Å². The fraction of sp³-hybridized carbons (Fsp3) is 0.556. The Bertz CT molecular complexity index is 367. The van der Waals surface area contributed by atoms with Crippen molar-refractivity contribution in [2.24, 2.45) is 5.92 Å². The van der Waals surface area contributed by atoms with Gasteiger partial charge >= 0.3 is 0 Å². The van der Waals surface area contributed by atoms with Crippen molar-refractivity contribution in [1.29, 1.82) is 0 Å². The molecule has 1 atom stereocenters. The van der Waals surface area contributed by atoms with E-state index in [-0.39, 0.29) is 17.2 Å². The minimum atomic E-state index is -0.357. The van der Waals surface area contributed by atoms with Crippen LogP contribution in [0.25, 0.3) is 0 Å². The lowest BCUT2D eigenvalue weighted by molar-refractivity contribution is 0.266. The molecule has 6 heteroatoms. The Balaban J connectivity index is 2.58. The van der Waals surface area contributed by atoms with E-state index in [1.807, 2.05) is 6.92 Å². The minimum Gasteiger partial charge on any atom is -0.396 e. The van der Waals surface area contributed by atoms with Gasteiger partial charge in [0.1, 0.15) is 5.02 Å². The summed E-state index contributed by atoms with van der Waals surface area (Å²) in [6, 6.07) is 0. The number of hydrogen-bond acceptors (Lipinski definition) is 4. The maximum atomic E-state index is 11.1. The number of aromatic amines is 1. The van der Waals surface area contributed by atoms with E-state index in [0.717, 1.165) is 0 Å². The molecule has 1 aromatic rings. The van der Waals surface area contributed by atoms with Gasteiger partial charge in [-0.15, -0.1) is 0 Å². The highest BCUT2D eigenvalue weighted by molar-refractivity contribution is 6.32. The minimum absolute atomic E-state index is 0.0636. The highest BCUT2D eigenvalue weighted by Gasteiger charge is 2.06. The number of aliphatic hydroxyl groups excluding tert-OH is 1. The molecule has 84 valence electrons. The topological polar surface area (TPSA) is 78.0 Å². The monoisotopic (exact) mass is 231 g/mol. The van der Waals surface area contributed by atoms with E-state index in [0.29, 0.717) is 24.7 Å². The molecular formula is C9H14ClN3O2. The van der Waals surface area contributed by atoms with Crippen LogP contribution in [0.15, 0.2) is 11.1 Å². The van der Waals surface area contributed by atoms with Crippen LogP contribution in [0, 0.1) is 5.92 Å². The Kier molecular flexibility index (Phi) is 4.58. The van der Waals surface area contributed by atoms with Gasteiger partial charge in [-0.1, -0.05) is 18.5 Å². The van der Waals surface area contributed by atoms with Crippen LogP contribution < -0.4 is 10.9 Å². The summed E-state index contributed by atoms with van der Waals surface area (Å²) in [4.78, 5) is 17.4. The Hall–Kier alpha value is -1.07. The fourth-order valence-corrected chi connectivity index (χ4v) is 1.27. The molecule has 0 saturated carbocycles. The largest absolute Gasteiger partial charge is 0.396 e. The summed E-state index contributed by atoms with van der Waals surface area (Å²) in [5.41, 5.74) is -0.357. The predicted octanol–water partition coefficient (Wildman–Crippen LogP) is 0.854. The lowest BCUT2D eigenvalue weighted by Gasteiger charge is -2.11. The van der Waals surface area contributed by atoms with Crippen LogP contribution in [0.5, 0.6) is 0 Å². The summed E-state index contributed by atoms with van der Waals surface area (Å²) in [6.45, 7) is 2.76. The second kappa shape index (κ2) is 5.72. The molecule has 0 aliphatic carbocycles. The highest BCUT2D eigenvalue weighted by Crippen LogP contribution is 2.13. The number of anilines is 1. The van der Waals surface area contributed by atoms with Gasteiger partial charge in [-0.2, -0.15) is 0 Å². The average Bonchev–Trinajstić information content (AvgIpc) is 2.21. The Morgan fingerprint density at radius 3 is 3.13 bits per heavy atom. The number of H-pyrrole nitrogens is 1. The van der Waals surface area contributed by atoms with Crippen molar-refractivity contribution in [2.75, 3.05) is 18.5 Å². The quantitative estimate of drug-likeness (QED) is 0.702. The molecular weight excluding hydrogens is 218 g/mol. The maximum absolute atomic E-state index is 11.1. The molecule has 0 aromatic carbocycles. The van der Waals surface area contributed by atoms with Gasteiger partial charge in [0.05, 0.1) is 6.33 Å².